The van der Waals surface area contributed by atoms with Crippen LogP contribution in [0.4, 0.5) is 0 Å². The molecule has 0 aliphatic heterocycles. The Kier molecular flexibility index (Phi) is 3.56. The summed E-state index contributed by atoms with van der Waals surface area (Å²) in [7, 11) is 0. The second-order valence-electron chi connectivity index (χ2n) is 3.02. The third kappa shape index (κ3) is 2.68. The van der Waals surface area contributed by atoms with Crippen LogP contribution in [0.5, 0.6) is 0 Å². The Morgan fingerprint density at radius 2 is 2.40 bits per heavy atom. The Balaban J connectivity index is 2.13. The molecular weight excluding hydrogens is 276 g/mol. The molecule has 0 fully saturated rings. The molecule has 0 bridgehead atoms. The zero-order valence-electron chi connectivity index (χ0n) is 8.29. The molecule has 0 aliphatic rings. The van der Waals surface area contributed by atoms with Crippen molar-refractivity contribution in [2.24, 2.45) is 0 Å². The number of aromatic nitrogens is 1. The summed E-state index contributed by atoms with van der Waals surface area (Å²) in [5.41, 5.74) is 0. The first-order chi connectivity index (χ1) is 7.29. The number of furan rings is 1. The summed E-state index contributed by atoms with van der Waals surface area (Å²) in [4.78, 5) is 5.54. The van der Waals surface area contributed by atoms with Crippen LogP contribution in [0.3, 0.4) is 0 Å². The predicted molar refractivity (Wildman–Crippen MR) is 64.9 cm³/mol. The minimum Gasteiger partial charge on any atom is -0.447 e. The van der Waals surface area contributed by atoms with Crippen LogP contribution < -0.4 is 5.32 Å². The van der Waals surface area contributed by atoms with Crippen molar-refractivity contribution in [3.8, 4) is 10.8 Å². The molecule has 2 aromatic heterocycles. The zero-order chi connectivity index (χ0) is 10.7. The normalized spacial score (nSPS) is 10.8. The minimum atomic E-state index is 0.737. The molecule has 0 spiro atoms. The Morgan fingerprint density at radius 1 is 1.53 bits per heavy atom. The minimum absolute atomic E-state index is 0.737. The van der Waals surface area contributed by atoms with Crippen molar-refractivity contribution < 1.29 is 4.42 Å². The summed E-state index contributed by atoms with van der Waals surface area (Å²) in [6.07, 6.45) is 1.89. The average Bonchev–Trinajstić information content (AvgIpc) is 2.83. The van der Waals surface area contributed by atoms with E-state index in [2.05, 4.69) is 33.2 Å². The fraction of sp³-hybridized carbons (Fsp3) is 0.300. The van der Waals surface area contributed by atoms with E-state index in [0.29, 0.717) is 0 Å². The summed E-state index contributed by atoms with van der Waals surface area (Å²) >= 11 is 4.93. The quantitative estimate of drug-likeness (QED) is 0.937. The van der Waals surface area contributed by atoms with Crippen LogP contribution in [0.1, 0.15) is 11.8 Å². The van der Waals surface area contributed by atoms with E-state index < -0.39 is 0 Å². The maximum atomic E-state index is 5.43. The molecule has 2 aromatic rings. The van der Waals surface area contributed by atoms with Gasteiger partial charge in [-0.15, -0.1) is 11.3 Å². The van der Waals surface area contributed by atoms with E-state index in [0.717, 1.165) is 28.5 Å². The Bertz CT molecular complexity index is 438. The molecule has 0 radical (unpaired) electrons. The van der Waals surface area contributed by atoms with Gasteiger partial charge in [0.2, 0.25) is 0 Å². The molecule has 15 heavy (non-hydrogen) atoms. The zero-order valence-corrected chi connectivity index (χ0v) is 10.7. The van der Waals surface area contributed by atoms with E-state index in [1.54, 1.807) is 11.3 Å². The molecule has 2 heterocycles. The first-order valence-corrected chi connectivity index (χ1v) is 6.31. The highest BCUT2D eigenvalue weighted by Crippen LogP contribution is 2.28. The molecule has 0 saturated carbocycles. The van der Waals surface area contributed by atoms with Gasteiger partial charge < -0.3 is 9.73 Å². The summed E-state index contributed by atoms with van der Waals surface area (Å²) in [6, 6.07) is 3.79. The van der Waals surface area contributed by atoms with Gasteiger partial charge in [-0.25, -0.2) is 4.98 Å². The summed E-state index contributed by atoms with van der Waals surface area (Å²) < 4.78 is 6.17. The lowest BCUT2D eigenvalue weighted by Crippen LogP contribution is -2.10. The van der Waals surface area contributed by atoms with Crippen LogP contribution in [0.15, 0.2) is 27.4 Å². The van der Waals surface area contributed by atoms with Crippen LogP contribution in [-0.2, 0) is 6.54 Å². The van der Waals surface area contributed by atoms with E-state index in [9.17, 15) is 0 Å². The molecule has 0 aromatic carbocycles. The van der Waals surface area contributed by atoms with Gasteiger partial charge in [-0.2, -0.15) is 0 Å². The van der Waals surface area contributed by atoms with Crippen LogP contribution in [0, 0.1) is 0 Å². The molecule has 0 amide bonds. The van der Waals surface area contributed by atoms with Crippen molar-refractivity contribution in [2.45, 2.75) is 13.5 Å². The highest BCUT2D eigenvalue weighted by molar-refractivity contribution is 9.10. The maximum Gasteiger partial charge on any atom is 0.170 e. The van der Waals surface area contributed by atoms with Crippen LogP contribution in [0.2, 0.25) is 0 Å². The highest BCUT2D eigenvalue weighted by Gasteiger charge is 2.08. The van der Waals surface area contributed by atoms with Gasteiger partial charge in [0.05, 0.1) is 0 Å². The molecular formula is C10H11BrN2OS. The van der Waals surface area contributed by atoms with Gasteiger partial charge in [0.15, 0.2) is 15.4 Å². The van der Waals surface area contributed by atoms with Crippen molar-refractivity contribution in [2.75, 3.05) is 6.54 Å². The number of hydrogen-bond donors (Lipinski definition) is 1. The highest BCUT2D eigenvalue weighted by atomic mass is 79.9. The lowest BCUT2D eigenvalue weighted by atomic mass is 10.5. The molecule has 0 unspecified atom stereocenters. The van der Waals surface area contributed by atoms with E-state index in [-0.39, 0.29) is 0 Å². The number of rotatable bonds is 4. The second-order valence-corrected chi connectivity index (χ2v) is 4.91. The van der Waals surface area contributed by atoms with Gasteiger partial charge in [0.1, 0.15) is 0 Å². The molecule has 1 N–H and O–H groups in total. The van der Waals surface area contributed by atoms with Crippen LogP contribution in [0.25, 0.3) is 10.8 Å². The lowest BCUT2D eigenvalue weighted by Gasteiger charge is -1.94. The molecule has 0 aliphatic carbocycles. The summed E-state index contributed by atoms with van der Waals surface area (Å²) in [5, 5.41) is 4.19. The predicted octanol–water partition coefficient (Wildman–Crippen LogP) is 3.28. The van der Waals surface area contributed by atoms with Crippen LogP contribution in [-0.4, -0.2) is 11.5 Å². The standard InChI is InChI=1S/C10H11BrN2OS/c1-2-12-5-7-6-13-10(15-7)8-3-4-9(11)14-8/h3-4,6,12H,2,5H2,1H3. The topological polar surface area (TPSA) is 38.1 Å². The van der Waals surface area contributed by atoms with Crippen molar-refractivity contribution in [3.63, 3.8) is 0 Å². The SMILES string of the molecule is CCNCc1cnc(-c2ccc(Br)o2)s1. The third-order valence-electron chi connectivity index (χ3n) is 1.89. The smallest absolute Gasteiger partial charge is 0.170 e. The second kappa shape index (κ2) is 4.92. The van der Waals surface area contributed by atoms with Gasteiger partial charge in [-0.05, 0) is 34.6 Å². The number of nitrogens with zero attached hydrogens (tertiary/aromatic N) is 1. The Labute approximate surface area is 101 Å². The monoisotopic (exact) mass is 286 g/mol. The fourth-order valence-corrected chi connectivity index (χ4v) is 2.33. The van der Waals surface area contributed by atoms with Gasteiger partial charge in [0, 0.05) is 17.6 Å². The van der Waals surface area contributed by atoms with Gasteiger partial charge in [-0.3, -0.25) is 0 Å². The van der Waals surface area contributed by atoms with E-state index in [1.807, 2.05) is 18.3 Å². The Hall–Kier alpha value is -0.650. The first kappa shape index (κ1) is 10.9. The van der Waals surface area contributed by atoms with E-state index >= 15 is 0 Å². The Morgan fingerprint density at radius 3 is 3.07 bits per heavy atom. The number of halogens is 1. The van der Waals surface area contributed by atoms with Crippen molar-refractivity contribution in [3.05, 3.63) is 27.9 Å². The first-order valence-electron chi connectivity index (χ1n) is 4.70. The third-order valence-corrected chi connectivity index (χ3v) is 3.32. The average molecular weight is 287 g/mol. The number of hydrogen-bond acceptors (Lipinski definition) is 4. The van der Waals surface area contributed by atoms with Gasteiger partial charge >= 0.3 is 0 Å². The summed E-state index contributed by atoms with van der Waals surface area (Å²) in [6.45, 7) is 3.93. The van der Waals surface area contributed by atoms with E-state index in [4.69, 9.17) is 4.42 Å². The molecule has 80 valence electrons. The summed E-state index contributed by atoms with van der Waals surface area (Å²) in [5.74, 6) is 0.814. The maximum absolute atomic E-state index is 5.43. The molecule has 5 heteroatoms. The van der Waals surface area contributed by atoms with Crippen molar-refractivity contribution >= 4 is 27.3 Å². The van der Waals surface area contributed by atoms with Gasteiger partial charge in [0.25, 0.3) is 0 Å². The number of nitrogens with one attached hydrogen (secondary N) is 1. The fourth-order valence-electron chi connectivity index (χ4n) is 1.18. The van der Waals surface area contributed by atoms with E-state index in [1.165, 1.54) is 4.88 Å². The molecule has 0 atom stereocenters. The molecule has 3 nitrogen and oxygen atoms in total. The lowest BCUT2D eigenvalue weighted by molar-refractivity contribution is 0.555. The van der Waals surface area contributed by atoms with Crippen molar-refractivity contribution in [1.82, 2.24) is 10.3 Å². The molecule has 0 saturated heterocycles. The van der Waals surface area contributed by atoms with Gasteiger partial charge in [-0.1, -0.05) is 6.92 Å². The molecule has 2 rings (SSSR count). The van der Waals surface area contributed by atoms with Crippen LogP contribution >= 0.6 is 27.3 Å². The van der Waals surface area contributed by atoms with Crippen molar-refractivity contribution in [1.29, 1.82) is 0 Å². The number of thiazole rings is 1. The largest absolute Gasteiger partial charge is 0.447 e.